The van der Waals surface area contributed by atoms with E-state index in [1.54, 1.807) is 12.1 Å². The summed E-state index contributed by atoms with van der Waals surface area (Å²) < 4.78 is 27.3. The number of carbonyl (C=O) groups is 1. The van der Waals surface area contributed by atoms with Crippen molar-refractivity contribution in [3.63, 3.8) is 0 Å². The maximum Gasteiger partial charge on any atom is 0.232 e. The molecule has 160 valence electrons. The molecule has 0 atom stereocenters. The van der Waals surface area contributed by atoms with Crippen LogP contribution in [0.1, 0.15) is 40.5 Å². The van der Waals surface area contributed by atoms with Gasteiger partial charge in [-0.15, -0.1) is 10.2 Å². The number of hydrogen-bond donors (Lipinski definition) is 0. The second-order valence-corrected chi connectivity index (χ2v) is 10.8. The van der Waals surface area contributed by atoms with Crippen LogP contribution in [0.15, 0.2) is 53.7 Å². The van der Waals surface area contributed by atoms with Gasteiger partial charge in [-0.05, 0) is 55.2 Å². The number of benzene rings is 2. The van der Waals surface area contributed by atoms with Crippen molar-refractivity contribution < 1.29 is 13.2 Å². The maximum atomic E-state index is 12.9. The first-order valence-corrected chi connectivity index (χ1v) is 13.0. The Labute approximate surface area is 185 Å². The van der Waals surface area contributed by atoms with Crippen LogP contribution >= 0.6 is 11.8 Å². The fourth-order valence-electron chi connectivity index (χ4n) is 3.90. The molecule has 0 spiro atoms. The molecule has 1 aliphatic carbocycles. The highest BCUT2D eigenvalue weighted by Gasteiger charge is 2.31. The molecule has 9 heteroatoms. The lowest BCUT2D eigenvalue weighted by atomic mass is 10.1. The second kappa shape index (κ2) is 7.80. The van der Waals surface area contributed by atoms with Crippen molar-refractivity contribution in [3.05, 3.63) is 65.5 Å². The number of hydrogen-bond acceptors (Lipinski definition) is 6. The average molecular weight is 455 g/mol. The molecule has 3 aromatic rings. The number of para-hydroxylation sites is 1. The van der Waals surface area contributed by atoms with E-state index in [4.69, 9.17) is 0 Å². The van der Waals surface area contributed by atoms with Gasteiger partial charge >= 0.3 is 0 Å². The van der Waals surface area contributed by atoms with Gasteiger partial charge in [-0.3, -0.25) is 13.7 Å². The zero-order chi connectivity index (χ0) is 21.6. The summed E-state index contributed by atoms with van der Waals surface area (Å²) in [5.74, 6) is 1.62. The van der Waals surface area contributed by atoms with Gasteiger partial charge in [0.15, 0.2) is 10.9 Å². The summed E-state index contributed by atoms with van der Waals surface area (Å²) in [5.41, 5.74) is 3.16. The molecule has 2 heterocycles. The lowest BCUT2D eigenvalue weighted by Gasteiger charge is -2.16. The molecule has 0 bridgehead atoms. The average Bonchev–Trinajstić information content (AvgIpc) is 3.36. The number of sulfonamides is 1. The van der Waals surface area contributed by atoms with Crippen molar-refractivity contribution in [2.45, 2.75) is 30.3 Å². The molecule has 1 saturated carbocycles. The first kappa shape index (κ1) is 20.3. The Morgan fingerprint density at radius 2 is 1.90 bits per heavy atom. The fraction of sp³-hybridized carbons (Fsp3) is 0.318. The molecule has 1 aliphatic heterocycles. The van der Waals surface area contributed by atoms with Crippen LogP contribution in [0.25, 0.3) is 5.69 Å². The van der Waals surface area contributed by atoms with E-state index in [0.29, 0.717) is 35.3 Å². The van der Waals surface area contributed by atoms with Gasteiger partial charge in [0.2, 0.25) is 10.0 Å². The molecule has 0 radical (unpaired) electrons. The van der Waals surface area contributed by atoms with Crippen molar-refractivity contribution >= 4 is 33.3 Å². The first-order valence-electron chi connectivity index (χ1n) is 10.2. The van der Waals surface area contributed by atoms with Gasteiger partial charge in [-0.25, -0.2) is 8.42 Å². The molecule has 1 aromatic heterocycles. The molecule has 1 fully saturated rings. The van der Waals surface area contributed by atoms with Crippen LogP contribution in [-0.4, -0.2) is 47.5 Å². The van der Waals surface area contributed by atoms with Gasteiger partial charge < -0.3 is 0 Å². The standard InChI is InChI=1S/C22H22N4O3S2/c1-31(28,29)25-12-11-16-13-17(9-10-19(16)25)20(27)14-30-22-24-23-21(15-7-8-15)26(22)18-5-3-2-4-6-18/h2-6,9-10,13,15H,7-8,11-12,14H2,1H3. The van der Waals surface area contributed by atoms with Gasteiger partial charge in [0.1, 0.15) is 5.82 Å². The van der Waals surface area contributed by atoms with Crippen LogP contribution in [0.2, 0.25) is 0 Å². The van der Waals surface area contributed by atoms with E-state index < -0.39 is 10.0 Å². The molecular weight excluding hydrogens is 432 g/mol. The van der Waals surface area contributed by atoms with E-state index in [-0.39, 0.29) is 11.5 Å². The third-order valence-corrected chi connectivity index (χ3v) is 7.71. The SMILES string of the molecule is CS(=O)(=O)N1CCc2cc(C(=O)CSc3nnc(C4CC4)n3-c3ccccc3)ccc21. The quantitative estimate of drug-likeness (QED) is 0.402. The van der Waals surface area contributed by atoms with Gasteiger partial charge in [0, 0.05) is 23.7 Å². The highest BCUT2D eigenvalue weighted by molar-refractivity contribution is 7.99. The molecule has 0 saturated heterocycles. The third-order valence-electron chi connectivity index (χ3n) is 5.60. The minimum Gasteiger partial charge on any atom is -0.293 e. The smallest absolute Gasteiger partial charge is 0.232 e. The lowest BCUT2D eigenvalue weighted by molar-refractivity contribution is 0.102. The Bertz CT molecular complexity index is 1250. The third kappa shape index (κ3) is 3.99. The zero-order valence-corrected chi connectivity index (χ0v) is 18.7. The van der Waals surface area contributed by atoms with Crippen LogP contribution in [-0.2, 0) is 16.4 Å². The molecule has 0 N–H and O–H groups in total. The summed E-state index contributed by atoms with van der Waals surface area (Å²) in [6.45, 7) is 0.421. The lowest BCUT2D eigenvalue weighted by Crippen LogP contribution is -2.27. The number of anilines is 1. The summed E-state index contributed by atoms with van der Waals surface area (Å²) in [5, 5.41) is 9.48. The minimum absolute atomic E-state index is 0.0128. The number of carbonyl (C=O) groups excluding carboxylic acids is 1. The molecule has 2 aromatic carbocycles. The normalized spacial score (nSPS) is 15.8. The summed E-state index contributed by atoms with van der Waals surface area (Å²) in [7, 11) is -3.30. The fourth-order valence-corrected chi connectivity index (χ4v) is 5.72. The maximum absolute atomic E-state index is 12.9. The number of thioether (sulfide) groups is 1. The first-order chi connectivity index (χ1) is 14.9. The summed E-state index contributed by atoms with van der Waals surface area (Å²) in [6, 6.07) is 15.2. The Hall–Kier alpha value is -2.65. The minimum atomic E-state index is -3.30. The number of aromatic nitrogens is 3. The largest absolute Gasteiger partial charge is 0.293 e. The van der Waals surface area contributed by atoms with E-state index in [2.05, 4.69) is 14.8 Å². The number of ketones is 1. The van der Waals surface area contributed by atoms with Crippen LogP contribution in [0.4, 0.5) is 5.69 Å². The Balaban J connectivity index is 1.35. The molecular formula is C22H22N4O3S2. The predicted octanol–water partition coefficient (Wildman–Crippen LogP) is 3.44. The van der Waals surface area contributed by atoms with Crippen molar-refractivity contribution in [2.24, 2.45) is 0 Å². The summed E-state index contributed by atoms with van der Waals surface area (Å²) in [6.07, 6.45) is 4.06. The van der Waals surface area contributed by atoms with Gasteiger partial charge in [0.25, 0.3) is 0 Å². The van der Waals surface area contributed by atoms with E-state index in [1.165, 1.54) is 22.3 Å². The molecule has 5 rings (SSSR count). The van der Waals surface area contributed by atoms with E-state index >= 15 is 0 Å². The zero-order valence-electron chi connectivity index (χ0n) is 17.1. The molecule has 2 aliphatic rings. The second-order valence-electron chi connectivity index (χ2n) is 7.93. The van der Waals surface area contributed by atoms with Crippen LogP contribution in [0.5, 0.6) is 0 Å². The van der Waals surface area contributed by atoms with E-state index in [9.17, 15) is 13.2 Å². The van der Waals surface area contributed by atoms with Crippen molar-refractivity contribution in [1.82, 2.24) is 14.8 Å². The van der Waals surface area contributed by atoms with Crippen LogP contribution in [0.3, 0.4) is 0 Å². The number of fused-ring (bicyclic) bond motifs is 1. The van der Waals surface area contributed by atoms with Crippen LogP contribution in [0, 0.1) is 0 Å². The van der Waals surface area contributed by atoms with E-state index in [1.807, 2.05) is 36.4 Å². The van der Waals surface area contributed by atoms with Crippen molar-refractivity contribution in [2.75, 3.05) is 22.9 Å². The molecule has 7 nitrogen and oxygen atoms in total. The van der Waals surface area contributed by atoms with Crippen molar-refractivity contribution in [1.29, 1.82) is 0 Å². The Morgan fingerprint density at radius 3 is 2.61 bits per heavy atom. The Morgan fingerprint density at radius 1 is 1.13 bits per heavy atom. The van der Waals surface area contributed by atoms with Gasteiger partial charge in [-0.1, -0.05) is 30.0 Å². The van der Waals surface area contributed by atoms with Gasteiger partial charge in [-0.2, -0.15) is 0 Å². The Kier molecular flexibility index (Phi) is 5.10. The summed E-state index contributed by atoms with van der Waals surface area (Å²) in [4.78, 5) is 12.9. The highest BCUT2D eigenvalue weighted by atomic mass is 32.2. The molecule has 0 unspecified atom stereocenters. The highest BCUT2D eigenvalue weighted by Crippen LogP contribution is 2.41. The van der Waals surface area contributed by atoms with Gasteiger partial charge in [0.05, 0.1) is 17.7 Å². The molecule has 0 amide bonds. The number of Topliss-reactive ketones (excluding diaryl/α,β-unsaturated/α-hetero) is 1. The number of nitrogens with zero attached hydrogens (tertiary/aromatic N) is 4. The summed E-state index contributed by atoms with van der Waals surface area (Å²) >= 11 is 1.38. The van der Waals surface area contributed by atoms with E-state index in [0.717, 1.165) is 29.9 Å². The number of rotatable bonds is 7. The van der Waals surface area contributed by atoms with Crippen LogP contribution < -0.4 is 4.31 Å². The predicted molar refractivity (Wildman–Crippen MR) is 121 cm³/mol. The monoisotopic (exact) mass is 454 g/mol. The molecule has 31 heavy (non-hydrogen) atoms. The van der Waals surface area contributed by atoms with Crippen molar-refractivity contribution in [3.8, 4) is 5.69 Å². The topological polar surface area (TPSA) is 85.2 Å².